The van der Waals surface area contributed by atoms with Crippen molar-refractivity contribution in [3.63, 3.8) is 0 Å². The predicted octanol–water partition coefficient (Wildman–Crippen LogP) is 1.38. The van der Waals surface area contributed by atoms with E-state index >= 15 is 0 Å². The maximum absolute atomic E-state index is 11.6. The van der Waals surface area contributed by atoms with Crippen LogP contribution in [0.15, 0.2) is 35.3 Å². The SMILES string of the molecule is CCNC(=NCCN1C(=O)CNC1=O)NC1CCCN(Cc2ccccc2)C1.I. The molecule has 2 aliphatic heterocycles. The first-order valence-corrected chi connectivity index (χ1v) is 10.0. The Bertz CT molecular complexity index is 683. The van der Waals surface area contributed by atoms with Crippen LogP contribution in [0.4, 0.5) is 4.79 Å². The van der Waals surface area contributed by atoms with E-state index < -0.39 is 0 Å². The van der Waals surface area contributed by atoms with Crippen molar-refractivity contribution < 1.29 is 9.59 Å². The monoisotopic (exact) mass is 514 g/mol. The van der Waals surface area contributed by atoms with Crippen LogP contribution in [-0.2, 0) is 11.3 Å². The number of imide groups is 1. The number of piperidine rings is 1. The number of hydrogen-bond donors (Lipinski definition) is 3. The number of carbonyl (C=O) groups excluding carboxylic acids is 2. The van der Waals surface area contributed by atoms with Crippen LogP contribution >= 0.6 is 24.0 Å². The van der Waals surface area contributed by atoms with Gasteiger partial charge in [0.2, 0.25) is 5.91 Å². The zero-order chi connectivity index (χ0) is 19.8. The van der Waals surface area contributed by atoms with Gasteiger partial charge >= 0.3 is 6.03 Å². The van der Waals surface area contributed by atoms with Gasteiger partial charge in [0.05, 0.1) is 19.6 Å². The molecule has 0 aromatic heterocycles. The fourth-order valence-corrected chi connectivity index (χ4v) is 3.62. The van der Waals surface area contributed by atoms with Crippen molar-refractivity contribution in [3.05, 3.63) is 35.9 Å². The quantitative estimate of drug-likeness (QED) is 0.222. The van der Waals surface area contributed by atoms with Crippen LogP contribution in [0.5, 0.6) is 0 Å². The maximum Gasteiger partial charge on any atom is 0.324 e. The summed E-state index contributed by atoms with van der Waals surface area (Å²) in [6, 6.07) is 10.5. The van der Waals surface area contributed by atoms with Crippen LogP contribution in [-0.4, -0.2) is 73.0 Å². The average Bonchev–Trinajstić information content (AvgIpc) is 3.01. The molecule has 29 heavy (non-hydrogen) atoms. The first-order valence-electron chi connectivity index (χ1n) is 10.0. The minimum atomic E-state index is -0.331. The second-order valence-electron chi connectivity index (χ2n) is 7.17. The third-order valence-electron chi connectivity index (χ3n) is 4.97. The van der Waals surface area contributed by atoms with Gasteiger partial charge in [-0.1, -0.05) is 30.3 Å². The molecule has 0 aliphatic carbocycles. The van der Waals surface area contributed by atoms with Gasteiger partial charge in [-0.3, -0.25) is 19.6 Å². The summed E-state index contributed by atoms with van der Waals surface area (Å²) in [4.78, 5) is 31.5. The van der Waals surface area contributed by atoms with Crippen molar-refractivity contribution in [1.29, 1.82) is 0 Å². The van der Waals surface area contributed by atoms with Crippen molar-refractivity contribution in [2.45, 2.75) is 32.4 Å². The summed E-state index contributed by atoms with van der Waals surface area (Å²) in [6.07, 6.45) is 2.25. The molecule has 0 saturated carbocycles. The number of rotatable bonds is 7. The van der Waals surface area contributed by atoms with E-state index in [1.54, 1.807) is 0 Å². The van der Waals surface area contributed by atoms with Gasteiger partial charge in [0.25, 0.3) is 0 Å². The number of aliphatic imine (C=N–C) groups is 1. The highest BCUT2D eigenvalue weighted by atomic mass is 127. The van der Waals surface area contributed by atoms with E-state index in [-0.39, 0.29) is 42.5 Å². The summed E-state index contributed by atoms with van der Waals surface area (Å²) in [5, 5.41) is 9.30. The molecule has 0 bridgehead atoms. The largest absolute Gasteiger partial charge is 0.357 e. The molecule has 0 radical (unpaired) electrons. The Morgan fingerprint density at radius 2 is 2.07 bits per heavy atom. The van der Waals surface area contributed by atoms with Crippen LogP contribution < -0.4 is 16.0 Å². The van der Waals surface area contributed by atoms with E-state index in [0.717, 1.165) is 45.0 Å². The zero-order valence-electron chi connectivity index (χ0n) is 16.9. The van der Waals surface area contributed by atoms with Crippen molar-refractivity contribution in [3.8, 4) is 0 Å². The fraction of sp³-hybridized carbons (Fsp3) is 0.550. The van der Waals surface area contributed by atoms with Crippen LogP contribution in [0.25, 0.3) is 0 Å². The minimum Gasteiger partial charge on any atom is -0.357 e. The van der Waals surface area contributed by atoms with Gasteiger partial charge in [0, 0.05) is 25.7 Å². The highest BCUT2D eigenvalue weighted by Crippen LogP contribution is 2.13. The summed E-state index contributed by atoms with van der Waals surface area (Å²) >= 11 is 0. The molecule has 2 fully saturated rings. The summed E-state index contributed by atoms with van der Waals surface area (Å²) in [7, 11) is 0. The lowest BCUT2D eigenvalue weighted by molar-refractivity contribution is -0.124. The number of nitrogens with zero attached hydrogens (tertiary/aromatic N) is 3. The molecule has 2 saturated heterocycles. The lowest BCUT2D eigenvalue weighted by atomic mass is 10.0. The lowest BCUT2D eigenvalue weighted by Crippen LogP contribution is -2.51. The second-order valence-corrected chi connectivity index (χ2v) is 7.17. The Hall–Kier alpha value is -1.88. The van der Waals surface area contributed by atoms with Gasteiger partial charge in [-0.2, -0.15) is 0 Å². The molecule has 8 nitrogen and oxygen atoms in total. The van der Waals surface area contributed by atoms with Gasteiger partial charge in [-0.05, 0) is 31.9 Å². The minimum absolute atomic E-state index is 0. The van der Waals surface area contributed by atoms with Crippen LogP contribution in [0.3, 0.4) is 0 Å². The normalized spacial score (nSPS) is 20.2. The van der Waals surface area contributed by atoms with Gasteiger partial charge in [-0.15, -0.1) is 24.0 Å². The number of carbonyl (C=O) groups is 2. The molecule has 2 aliphatic rings. The van der Waals surface area contributed by atoms with E-state index in [9.17, 15) is 9.59 Å². The summed E-state index contributed by atoms with van der Waals surface area (Å²) in [5.41, 5.74) is 1.33. The molecule has 160 valence electrons. The zero-order valence-corrected chi connectivity index (χ0v) is 19.2. The first kappa shape index (κ1) is 23.4. The van der Waals surface area contributed by atoms with Crippen molar-refractivity contribution in [1.82, 2.24) is 25.8 Å². The van der Waals surface area contributed by atoms with Crippen LogP contribution in [0.2, 0.25) is 0 Å². The summed E-state index contributed by atoms with van der Waals surface area (Å²) in [5.74, 6) is 0.545. The predicted molar refractivity (Wildman–Crippen MR) is 124 cm³/mol. The number of hydrogen-bond acceptors (Lipinski definition) is 4. The van der Waals surface area contributed by atoms with Crippen LogP contribution in [0, 0.1) is 0 Å². The molecule has 1 unspecified atom stereocenters. The molecule has 2 heterocycles. The van der Waals surface area contributed by atoms with Gasteiger partial charge < -0.3 is 16.0 Å². The van der Waals surface area contributed by atoms with E-state index in [4.69, 9.17) is 0 Å². The number of halogens is 1. The van der Waals surface area contributed by atoms with Crippen LogP contribution in [0.1, 0.15) is 25.3 Å². The van der Waals surface area contributed by atoms with E-state index in [1.807, 2.05) is 13.0 Å². The summed E-state index contributed by atoms with van der Waals surface area (Å²) in [6.45, 7) is 6.58. The molecular formula is C20H31IN6O2. The third kappa shape index (κ3) is 7.14. The highest BCUT2D eigenvalue weighted by molar-refractivity contribution is 14.0. The van der Waals surface area contributed by atoms with E-state index in [2.05, 4.69) is 50.1 Å². The Balaban J connectivity index is 0.00000300. The molecule has 1 atom stereocenters. The molecule has 0 spiro atoms. The van der Waals surface area contributed by atoms with Gasteiger partial charge in [-0.25, -0.2) is 4.79 Å². The molecule has 1 aromatic rings. The Morgan fingerprint density at radius 3 is 2.76 bits per heavy atom. The highest BCUT2D eigenvalue weighted by Gasteiger charge is 2.27. The standard InChI is InChI=1S/C20H30N6O2.HI/c1-2-21-19(22-10-12-26-18(27)13-23-20(26)28)24-17-9-6-11-25(15-17)14-16-7-4-3-5-8-16;/h3-5,7-8,17H,2,6,9-15H2,1H3,(H,23,28)(H2,21,22,24);1H. The number of urea groups is 1. The van der Waals surface area contributed by atoms with Gasteiger partial charge in [0.1, 0.15) is 0 Å². The average molecular weight is 514 g/mol. The number of benzene rings is 1. The van der Waals surface area contributed by atoms with Gasteiger partial charge in [0.15, 0.2) is 5.96 Å². The third-order valence-corrected chi connectivity index (χ3v) is 4.97. The lowest BCUT2D eigenvalue weighted by Gasteiger charge is -2.34. The maximum atomic E-state index is 11.6. The Morgan fingerprint density at radius 1 is 1.28 bits per heavy atom. The smallest absolute Gasteiger partial charge is 0.324 e. The molecule has 3 N–H and O–H groups in total. The number of guanidine groups is 1. The first-order chi connectivity index (χ1) is 13.7. The number of likely N-dealkylation sites (tertiary alicyclic amines) is 1. The van der Waals surface area contributed by atoms with Crippen molar-refractivity contribution in [2.24, 2.45) is 4.99 Å². The molecule has 3 rings (SSSR count). The number of amides is 3. The molecule has 3 amide bonds. The fourth-order valence-electron chi connectivity index (χ4n) is 3.62. The molecular weight excluding hydrogens is 483 g/mol. The molecule has 9 heteroatoms. The van der Waals surface area contributed by atoms with Crippen molar-refractivity contribution >= 4 is 41.9 Å². The van der Waals surface area contributed by atoms with E-state index in [0.29, 0.717) is 19.1 Å². The second kappa shape index (κ2) is 12.0. The summed E-state index contributed by atoms with van der Waals surface area (Å²) < 4.78 is 0. The Kier molecular flexibility index (Phi) is 9.65. The topological polar surface area (TPSA) is 89.1 Å². The molecule has 1 aromatic carbocycles. The van der Waals surface area contributed by atoms with E-state index in [1.165, 1.54) is 10.5 Å². The van der Waals surface area contributed by atoms with Crippen molar-refractivity contribution in [2.75, 3.05) is 39.3 Å². The number of nitrogens with one attached hydrogen (secondary N) is 3. The Labute approximate surface area is 189 Å².